The van der Waals surface area contributed by atoms with E-state index < -0.39 is 102 Å². The lowest BCUT2D eigenvalue weighted by Crippen LogP contribution is -2.61. The highest BCUT2D eigenvalue weighted by Crippen LogP contribution is 2.41. The molecule has 18 atom stereocenters. The Morgan fingerprint density at radius 3 is 1.98 bits per heavy atom. The van der Waals surface area contributed by atoms with Crippen LogP contribution < -0.4 is 0 Å². The number of nitrogens with zero attached hydrogens (tertiary/aromatic N) is 1. The van der Waals surface area contributed by atoms with Crippen molar-refractivity contribution >= 4 is 11.8 Å². The van der Waals surface area contributed by atoms with Crippen LogP contribution in [0.1, 0.15) is 94.9 Å². The number of aliphatic hydroxyl groups is 4. The van der Waals surface area contributed by atoms with E-state index in [0.29, 0.717) is 6.42 Å². The number of ketones is 1. The van der Waals surface area contributed by atoms with Gasteiger partial charge in [0.15, 0.2) is 12.6 Å². The van der Waals surface area contributed by atoms with Gasteiger partial charge in [0.2, 0.25) is 0 Å². The van der Waals surface area contributed by atoms with Crippen molar-refractivity contribution in [1.29, 1.82) is 0 Å². The second kappa shape index (κ2) is 17.7. The molecule has 0 aliphatic carbocycles. The van der Waals surface area contributed by atoms with Gasteiger partial charge in [0.05, 0.1) is 47.6 Å². The number of likely N-dealkylation sites (N-methyl/N-ethyl adjacent to an activating group) is 1. The van der Waals surface area contributed by atoms with E-state index in [-0.39, 0.29) is 37.2 Å². The summed E-state index contributed by atoms with van der Waals surface area (Å²) in [7, 11) is 6.77. The molecule has 0 bridgehead atoms. The normalized spacial score (nSPS) is 49.0. The van der Waals surface area contributed by atoms with Gasteiger partial charge in [-0.15, -0.1) is 0 Å². The molecule has 0 amide bonds. The molecule has 14 nitrogen and oxygen atoms in total. The molecule has 0 aromatic heterocycles. The van der Waals surface area contributed by atoms with E-state index in [2.05, 4.69) is 0 Å². The first-order valence-electron chi connectivity index (χ1n) is 18.9. The fourth-order valence-corrected chi connectivity index (χ4v) is 8.58. The van der Waals surface area contributed by atoms with Crippen LogP contribution in [0.4, 0.5) is 0 Å². The summed E-state index contributed by atoms with van der Waals surface area (Å²) in [5.41, 5.74) is -4.24. The van der Waals surface area contributed by atoms with E-state index in [1.165, 1.54) is 21.1 Å². The third-order valence-electron chi connectivity index (χ3n) is 12.3. The Morgan fingerprint density at radius 2 is 1.44 bits per heavy atom. The van der Waals surface area contributed by atoms with Gasteiger partial charge in [0.1, 0.15) is 29.7 Å². The first-order chi connectivity index (χ1) is 24.0. The fraction of sp³-hybridized carbons (Fsp3) is 0.947. The third-order valence-corrected chi connectivity index (χ3v) is 12.3. The number of hydrogen-bond donors (Lipinski definition) is 4. The summed E-state index contributed by atoms with van der Waals surface area (Å²) < 4.78 is 43.9. The highest BCUT2D eigenvalue weighted by Gasteiger charge is 2.54. The fourth-order valence-electron chi connectivity index (χ4n) is 8.58. The molecule has 3 aliphatic rings. The average Bonchev–Trinajstić information content (AvgIpc) is 3.09. The number of hydrogen-bond acceptors (Lipinski definition) is 14. The average molecular weight is 748 g/mol. The lowest BCUT2D eigenvalue weighted by atomic mass is 9.74. The van der Waals surface area contributed by atoms with Crippen LogP contribution in [0, 0.1) is 23.7 Å². The third kappa shape index (κ3) is 9.38. The molecule has 4 N–H and O–H groups in total. The van der Waals surface area contributed by atoms with Crippen LogP contribution in [-0.2, 0) is 42.7 Å². The topological polar surface area (TPSA) is 183 Å². The van der Waals surface area contributed by atoms with Gasteiger partial charge in [0.25, 0.3) is 0 Å². The van der Waals surface area contributed by atoms with Gasteiger partial charge in [-0.2, -0.15) is 0 Å². The van der Waals surface area contributed by atoms with Crippen LogP contribution in [0.2, 0.25) is 0 Å². The molecule has 0 spiro atoms. The first kappa shape index (κ1) is 45.1. The molecule has 14 heteroatoms. The van der Waals surface area contributed by atoms with Crippen LogP contribution in [0.5, 0.6) is 0 Å². The monoisotopic (exact) mass is 747 g/mol. The number of carbonyl (C=O) groups is 2. The number of esters is 1. The van der Waals surface area contributed by atoms with Crippen LogP contribution >= 0.6 is 0 Å². The van der Waals surface area contributed by atoms with Crippen molar-refractivity contribution < 1.29 is 63.2 Å². The summed E-state index contributed by atoms with van der Waals surface area (Å²) in [4.78, 5) is 30.1. The van der Waals surface area contributed by atoms with E-state index in [1.54, 1.807) is 48.5 Å². The van der Waals surface area contributed by atoms with E-state index in [9.17, 15) is 30.0 Å². The maximum absolute atomic E-state index is 14.2. The van der Waals surface area contributed by atoms with Crippen LogP contribution in [0.3, 0.4) is 0 Å². The van der Waals surface area contributed by atoms with Gasteiger partial charge < -0.3 is 58.5 Å². The van der Waals surface area contributed by atoms with Crippen LogP contribution in [0.15, 0.2) is 0 Å². The molecule has 52 heavy (non-hydrogen) atoms. The Kier molecular flexibility index (Phi) is 15.3. The number of aliphatic hydroxyl groups excluding tert-OH is 3. The molecule has 3 rings (SSSR count). The van der Waals surface area contributed by atoms with Crippen LogP contribution in [0.25, 0.3) is 0 Å². The van der Waals surface area contributed by atoms with Gasteiger partial charge in [-0.25, -0.2) is 0 Å². The summed E-state index contributed by atoms with van der Waals surface area (Å²) in [6, 6.07) is -0.283. The maximum Gasteiger partial charge on any atom is 0.311 e. The number of rotatable bonds is 8. The van der Waals surface area contributed by atoms with Gasteiger partial charge in [-0.05, 0) is 74.9 Å². The summed E-state index contributed by atoms with van der Waals surface area (Å²) in [5, 5.41) is 45.6. The summed E-state index contributed by atoms with van der Waals surface area (Å²) >= 11 is 0. The van der Waals surface area contributed by atoms with Crippen molar-refractivity contribution in [2.45, 2.75) is 179 Å². The Morgan fingerprint density at radius 1 is 0.846 bits per heavy atom. The van der Waals surface area contributed by atoms with Crippen molar-refractivity contribution in [2.24, 2.45) is 23.7 Å². The molecule has 3 fully saturated rings. The SMILES string of the molecule is CCC1OC(=O)[C@H](C)[C@@H](O[C@H]2C[C@@](C)(OC)[C@@H](O)[C@H](C)O2)[C@H](C)[C@@H](O[C@@H]2O[C@H](C)C[C@H](N(C)C)[C@H]2O)[C@](C)(OC)CC(C)C(=O)[C@H](C)[C@@H](O)[C@]1(C)O. The molecule has 0 radical (unpaired) electrons. The first-order valence-corrected chi connectivity index (χ1v) is 18.9. The molecule has 3 heterocycles. The Hall–Kier alpha value is -1.30. The minimum absolute atomic E-state index is 0.111. The number of carbonyl (C=O) groups excluding carboxylic acids is 2. The maximum atomic E-state index is 14.2. The number of ether oxygens (including phenoxy) is 7. The second-order valence-corrected chi connectivity index (χ2v) is 16.6. The minimum atomic E-state index is -1.96. The van der Waals surface area contributed by atoms with Gasteiger partial charge in [-0.3, -0.25) is 9.59 Å². The van der Waals surface area contributed by atoms with Gasteiger partial charge in [-0.1, -0.05) is 27.7 Å². The lowest BCUT2D eigenvalue weighted by molar-refractivity contribution is -0.319. The highest BCUT2D eigenvalue weighted by atomic mass is 16.7. The smallest absolute Gasteiger partial charge is 0.311 e. The van der Waals surface area contributed by atoms with Crippen molar-refractivity contribution in [3.63, 3.8) is 0 Å². The van der Waals surface area contributed by atoms with E-state index in [0.717, 1.165) is 0 Å². The van der Waals surface area contributed by atoms with Crippen molar-refractivity contribution in [3.8, 4) is 0 Å². The summed E-state index contributed by atoms with van der Waals surface area (Å²) in [6.45, 7) is 17.1. The van der Waals surface area contributed by atoms with E-state index in [4.69, 9.17) is 33.2 Å². The van der Waals surface area contributed by atoms with E-state index >= 15 is 0 Å². The molecule has 3 saturated heterocycles. The quantitative estimate of drug-likeness (QED) is 0.266. The van der Waals surface area contributed by atoms with Crippen molar-refractivity contribution in [1.82, 2.24) is 4.90 Å². The standard InChI is InChI=1S/C38H69NO13/c1-15-26-38(10,45)31(42)21(4)28(40)19(2)17-37(9,47-14)33(52-35-29(41)25(39(11)12)16-20(3)48-35)22(5)30(23(6)34(44)50-26)51-27-18-36(8,46-13)32(43)24(7)49-27/h19-27,29-33,35,41-43,45H,15-18H2,1-14H3/t19?,20-,21+,22+,23-,24+,25+,26?,27+,29-,30+,31-,32+,33-,35+,36-,37-,38-/m1/s1. The Bertz CT molecular complexity index is 1190. The molecule has 3 aliphatic heterocycles. The van der Waals surface area contributed by atoms with Crippen molar-refractivity contribution in [3.05, 3.63) is 0 Å². The van der Waals surface area contributed by atoms with E-state index in [1.807, 2.05) is 32.8 Å². The molecule has 0 saturated carbocycles. The zero-order chi connectivity index (χ0) is 39.7. The minimum Gasteiger partial charge on any atom is -0.459 e. The molecular weight excluding hydrogens is 678 g/mol. The zero-order valence-corrected chi connectivity index (χ0v) is 33.9. The molecule has 2 unspecified atom stereocenters. The molecular formula is C38H69NO13. The Balaban J connectivity index is 2.22. The lowest BCUT2D eigenvalue weighted by Gasteiger charge is -2.50. The molecule has 304 valence electrons. The number of methoxy groups -OCH3 is 2. The number of cyclic esters (lactones) is 1. The largest absolute Gasteiger partial charge is 0.459 e. The van der Waals surface area contributed by atoms with Gasteiger partial charge in [0, 0.05) is 44.4 Å². The Labute approximate surface area is 310 Å². The number of Topliss-reactive ketones (excluding diaryl/α,β-unsaturated/α-hetero) is 1. The predicted octanol–water partition coefficient (Wildman–Crippen LogP) is 2.44. The summed E-state index contributed by atoms with van der Waals surface area (Å²) in [5.74, 6) is -4.47. The summed E-state index contributed by atoms with van der Waals surface area (Å²) in [6.07, 6.45) is -8.73. The second-order valence-electron chi connectivity index (χ2n) is 16.6. The zero-order valence-electron chi connectivity index (χ0n) is 33.9. The molecule has 0 aromatic rings. The van der Waals surface area contributed by atoms with Gasteiger partial charge >= 0.3 is 5.97 Å². The predicted molar refractivity (Wildman–Crippen MR) is 191 cm³/mol. The van der Waals surface area contributed by atoms with Crippen LogP contribution in [-0.4, -0.2) is 150 Å². The molecule has 0 aromatic carbocycles. The highest BCUT2D eigenvalue weighted by molar-refractivity contribution is 5.83. The van der Waals surface area contributed by atoms with Crippen molar-refractivity contribution in [2.75, 3.05) is 28.3 Å².